The summed E-state index contributed by atoms with van der Waals surface area (Å²) in [6.45, 7) is 9.70. The minimum Gasteiger partial charge on any atom is -0.309 e. The third-order valence-electron chi connectivity index (χ3n) is 12.3. The van der Waals surface area contributed by atoms with Gasteiger partial charge in [-0.3, -0.25) is 0 Å². The number of para-hydroxylation sites is 1. The van der Waals surface area contributed by atoms with Gasteiger partial charge in [-0.25, -0.2) is 9.97 Å². The number of benzene rings is 7. The molecule has 0 spiro atoms. The lowest BCUT2D eigenvalue weighted by Gasteiger charge is -2.28. The van der Waals surface area contributed by atoms with Gasteiger partial charge in [-0.05, 0) is 68.8 Å². The Morgan fingerprint density at radius 2 is 1.00 bits per heavy atom. The molecule has 9 aromatic rings. The van der Waals surface area contributed by atoms with Gasteiger partial charge in [0.25, 0.3) is 0 Å². The van der Waals surface area contributed by atoms with E-state index in [0.29, 0.717) is 5.82 Å². The fourth-order valence-corrected chi connectivity index (χ4v) is 9.90. The Balaban J connectivity index is 1.24. The van der Waals surface area contributed by atoms with Gasteiger partial charge in [-0.1, -0.05) is 167 Å². The van der Waals surface area contributed by atoms with Crippen LogP contribution in [0.4, 0.5) is 0 Å². The van der Waals surface area contributed by atoms with E-state index >= 15 is 0 Å². The fourth-order valence-electron chi connectivity index (χ4n) is 9.90. The van der Waals surface area contributed by atoms with E-state index in [2.05, 4.69) is 172 Å². The highest BCUT2D eigenvalue weighted by atomic mass is 15.0. The van der Waals surface area contributed by atoms with Crippen molar-refractivity contribution in [1.82, 2.24) is 14.5 Å². The van der Waals surface area contributed by atoms with Gasteiger partial charge in [0.05, 0.1) is 22.4 Å². The van der Waals surface area contributed by atoms with E-state index < -0.39 is 0 Å². The van der Waals surface area contributed by atoms with Crippen LogP contribution in [0.15, 0.2) is 164 Å². The Morgan fingerprint density at radius 1 is 0.455 bits per heavy atom. The average molecular weight is 706 g/mol. The van der Waals surface area contributed by atoms with Crippen molar-refractivity contribution in [2.75, 3.05) is 0 Å². The molecule has 0 fully saturated rings. The van der Waals surface area contributed by atoms with E-state index in [4.69, 9.17) is 9.97 Å². The summed E-state index contributed by atoms with van der Waals surface area (Å²) in [6.07, 6.45) is 0. The summed E-state index contributed by atoms with van der Waals surface area (Å²) in [5.41, 5.74) is 19.3. The summed E-state index contributed by atoms with van der Waals surface area (Å²) in [4.78, 5) is 10.3. The van der Waals surface area contributed by atoms with Crippen LogP contribution >= 0.6 is 0 Å². The molecule has 0 amide bonds. The SMILES string of the molecule is CC1(C)c2ccccc2-c2c1c1c(c3c2c2ccccc2n3-c2cccc(-c3cc(-c4ccccc4)nc(-c4ccccc4)n3)c2)C(C)(C)c2ccccc2-1. The second-order valence-electron chi connectivity index (χ2n) is 16.2. The van der Waals surface area contributed by atoms with Crippen LogP contribution in [0.25, 0.3) is 83.6 Å². The Bertz CT molecular complexity index is 2960. The van der Waals surface area contributed by atoms with E-state index in [1.807, 2.05) is 24.3 Å². The van der Waals surface area contributed by atoms with Gasteiger partial charge in [0, 0.05) is 44.0 Å². The number of nitrogens with zero attached hydrogens (tertiary/aromatic N) is 3. The number of hydrogen-bond acceptors (Lipinski definition) is 2. The van der Waals surface area contributed by atoms with Crippen molar-refractivity contribution in [3.05, 3.63) is 186 Å². The van der Waals surface area contributed by atoms with Crippen LogP contribution < -0.4 is 0 Å². The molecule has 0 saturated carbocycles. The van der Waals surface area contributed by atoms with Gasteiger partial charge in [0.1, 0.15) is 0 Å². The highest BCUT2D eigenvalue weighted by Gasteiger charge is 2.47. The molecule has 0 radical (unpaired) electrons. The molecule has 0 aliphatic heterocycles. The quantitative estimate of drug-likeness (QED) is 0.182. The third-order valence-corrected chi connectivity index (χ3v) is 12.3. The van der Waals surface area contributed by atoms with Crippen LogP contribution in [-0.4, -0.2) is 14.5 Å². The molecule has 3 heteroatoms. The molecule has 11 rings (SSSR count). The predicted molar refractivity (Wildman–Crippen MR) is 228 cm³/mol. The van der Waals surface area contributed by atoms with Crippen molar-refractivity contribution in [2.45, 2.75) is 38.5 Å². The lowest BCUT2D eigenvalue weighted by Crippen LogP contribution is -2.19. The highest BCUT2D eigenvalue weighted by Crippen LogP contribution is 2.63. The largest absolute Gasteiger partial charge is 0.309 e. The van der Waals surface area contributed by atoms with Gasteiger partial charge in [-0.2, -0.15) is 0 Å². The van der Waals surface area contributed by atoms with Gasteiger partial charge < -0.3 is 4.57 Å². The minimum atomic E-state index is -0.227. The Labute approximate surface area is 321 Å². The van der Waals surface area contributed by atoms with Crippen molar-refractivity contribution in [1.29, 1.82) is 0 Å². The molecule has 0 saturated heterocycles. The first kappa shape index (κ1) is 31.9. The van der Waals surface area contributed by atoms with Crippen LogP contribution in [-0.2, 0) is 10.8 Å². The summed E-state index contributed by atoms with van der Waals surface area (Å²) in [5.74, 6) is 0.716. The van der Waals surface area contributed by atoms with Crippen LogP contribution in [0.2, 0.25) is 0 Å². The van der Waals surface area contributed by atoms with Gasteiger partial charge in [0.2, 0.25) is 0 Å². The molecule has 2 aliphatic carbocycles. The van der Waals surface area contributed by atoms with Crippen LogP contribution in [0.5, 0.6) is 0 Å². The molecule has 0 N–H and O–H groups in total. The zero-order chi connectivity index (χ0) is 37.1. The van der Waals surface area contributed by atoms with Crippen molar-refractivity contribution in [3.8, 4) is 61.8 Å². The van der Waals surface area contributed by atoms with Crippen LogP contribution in [0.3, 0.4) is 0 Å². The van der Waals surface area contributed by atoms with Crippen molar-refractivity contribution >= 4 is 21.8 Å². The maximum absolute atomic E-state index is 5.22. The number of aromatic nitrogens is 3. The predicted octanol–water partition coefficient (Wildman–Crippen LogP) is 13.2. The molecule has 55 heavy (non-hydrogen) atoms. The van der Waals surface area contributed by atoms with Gasteiger partial charge in [-0.15, -0.1) is 0 Å². The molecule has 2 heterocycles. The van der Waals surface area contributed by atoms with E-state index in [1.54, 1.807) is 0 Å². The smallest absolute Gasteiger partial charge is 0.160 e. The first-order valence-electron chi connectivity index (χ1n) is 19.3. The standard InChI is InChI=1S/C52H39N3/c1-51(2)39-27-14-11-24-36(39)44-45-38-26-13-16-29-43(38)55(49(45)48-46(47(44)51)37-25-12-15-28-40(37)52(48,3)4)35-23-17-22-34(30-35)42-31-41(32-18-7-5-8-19-32)53-50(54-42)33-20-9-6-10-21-33/h5-31H,1-4H3. The molecular formula is C52H39N3. The van der Waals surface area contributed by atoms with E-state index in [-0.39, 0.29) is 10.8 Å². The second-order valence-corrected chi connectivity index (χ2v) is 16.2. The first-order valence-corrected chi connectivity index (χ1v) is 19.3. The third kappa shape index (κ3) is 4.44. The molecule has 3 nitrogen and oxygen atoms in total. The van der Waals surface area contributed by atoms with Crippen molar-refractivity contribution < 1.29 is 0 Å². The average Bonchev–Trinajstić information content (AvgIpc) is 3.78. The second kappa shape index (κ2) is 11.5. The van der Waals surface area contributed by atoms with Crippen molar-refractivity contribution in [3.63, 3.8) is 0 Å². The maximum atomic E-state index is 5.22. The van der Waals surface area contributed by atoms with E-state index in [9.17, 15) is 0 Å². The number of hydrogen-bond donors (Lipinski definition) is 0. The normalized spacial score (nSPS) is 14.5. The fraction of sp³-hybridized carbons (Fsp3) is 0.115. The lowest BCUT2D eigenvalue weighted by molar-refractivity contribution is 0.650. The number of rotatable bonds is 4. The summed E-state index contributed by atoms with van der Waals surface area (Å²) in [7, 11) is 0. The molecule has 7 aromatic carbocycles. The van der Waals surface area contributed by atoms with Crippen LogP contribution in [0, 0.1) is 0 Å². The molecule has 0 atom stereocenters. The molecule has 0 bridgehead atoms. The summed E-state index contributed by atoms with van der Waals surface area (Å²) in [6, 6.07) is 59.0. The van der Waals surface area contributed by atoms with Crippen LogP contribution in [0.1, 0.15) is 49.9 Å². The van der Waals surface area contributed by atoms with Crippen molar-refractivity contribution in [2.24, 2.45) is 0 Å². The summed E-state index contributed by atoms with van der Waals surface area (Å²) >= 11 is 0. The molecule has 262 valence electrons. The summed E-state index contributed by atoms with van der Waals surface area (Å²) < 4.78 is 2.55. The molecule has 2 aliphatic rings. The van der Waals surface area contributed by atoms with E-state index in [0.717, 1.165) is 33.8 Å². The first-order chi connectivity index (χ1) is 26.8. The number of fused-ring (bicyclic) bond motifs is 12. The Hall–Kier alpha value is -6.58. The highest BCUT2D eigenvalue weighted by molar-refractivity contribution is 6.22. The molecule has 0 unspecified atom stereocenters. The summed E-state index contributed by atoms with van der Waals surface area (Å²) in [5, 5.41) is 2.62. The minimum absolute atomic E-state index is 0.166. The lowest BCUT2D eigenvalue weighted by atomic mass is 9.76. The zero-order valence-corrected chi connectivity index (χ0v) is 31.4. The van der Waals surface area contributed by atoms with Gasteiger partial charge >= 0.3 is 0 Å². The topological polar surface area (TPSA) is 30.7 Å². The van der Waals surface area contributed by atoms with E-state index in [1.165, 1.54) is 66.3 Å². The molecular weight excluding hydrogens is 667 g/mol. The molecule has 2 aromatic heterocycles. The zero-order valence-electron chi connectivity index (χ0n) is 31.4. The maximum Gasteiger partial charge on any atom is 0.160 e. The monoisotopic (exact) mass is 705 g/mol. The van der Waals surface area contributed by atoms with Gasteiger partial charge in [0.15, 0.2) is 5.82 Å². The Morgan fingerprint density at radius 3 is 1.71 bits per heavy atom. The Kier molecular flexibility index (Phi) is 6.65.